The van der Waals surface area contributed by atoms with Crippen LogP contribution in [0.3, 0.4) is 0 Å². The number of Topliss-reactive ketones (excluding diaryl/α,β-unsaturated/α-hetero) is 1. The van der Waals surface area contributed by atoms with Crippen molar-refractivity contribution >= 4 is 41.2 Å². The van der Waals surface area contributed by atoms with Crippen LogP contribution in [0.2, 0.25) is 0 Å². The molecule has 0 aromatic heterocycles. The van der Waals surface area contributed by atoms with Crippen molar-refractivity contribution in [2.24, 2.45) is 0 Å². The molecule has 6 atom stereocenters. The largest absolute Gasteiger partial charge is 0.355 e. The third kappa shape index (κ3) is 33.7. The Balaban J connectivity index is 5.50. The molecule has 408 valence electrons. The van der Waals surface area contributed by atoms with E-state index in [2.05, 4.69) is 69.1 Å². The molecule has 0 aliphatic heterocycles. The van der Waals surface area contributed by atoms with E-state index in [4.69, 9.17) is 0 Å². The van der Waals surface area contributed by atoms with Gasteiger partial charge in [0.05, 0.1) is 24.2 Å². The zero-order chi connectivity index (χ0) is 52.2. The Morgan fingerprint density at radius 3 is 0.957 bits per heavy atom. The topological polar surface area (TPSA) is 276 Å². The molecule has 70 heavy (non-hydrogen) atoms. The second-order valence-corrected chi connectivity index (χ2v) is 18.4. The van der Waals surface area contributed by atoms with E-state index in [0.29, 0.717) is 90.3 Å². The normalized spacial score (nSPS) is 13.8. The van der Waals surface area contributed by atoms with Gasteiger partial charge in [0.25, 0.3) is 0 Å². The highest BCUT2D eigenvalue weighted by atomic mass is 16.2. The summed E-state index contributed by atoms with van der Waals surface area (Å²) in [6.45, 7) is 6.12. The minimum Gasteiger partial charge on any atom is -0.355 e. The molecule has 0 saturated carbocycles. The molecule has 0 aromatic carbocycles. The molecule has 20 heteroatoms. The summed E-state index contributed by atoms with van der Waals surface area (Å²) in [5.41, 5.74) is 0. The lowest BCUT2D eigenvalue weighted by Crippen LogP contribution is -2.52. The van der Waals surface area contributed by atoms with Gasteiger partial charge in [-0.05, 0) is 192 Å². The highest BCUT2D eigenvalue weighted by molar-refractivity contribution is 5.92. The second kappa shape index (κ2) is 45.1. The summed E-state index contributed by atoms with van der Waals surface area (Å²) in [6, 6.07) is -3.42. The maximum absolute atomic E-state index is 13.7. The van der Waals surface area contributed by atoms with Crippen molar-refractivity contribution in [3.8, 4) is 0 Å². The SMILES string of the molecule is CNCCCCCC(=O)NC(CCCCNC(=O)C(CCCCNC)NC)C(=O)NC(CCCCNC(=O)C(CCCCNC(=O)C(CCCCNC)NC)NC(=O)C(CCCCNC)NC)C(C)=O. The Morgan fingerprint density at radius 1 is 0.300 bits per heavy atom. The van der Waals surface area contributed by atoms with Gasteiger partial charge in [0.2, 0.25) is 35.4 Å². The Kier molecular flexibility index (Phi) is 42.7. The first-order valence-electron chi connectivity index (χ1n) is 26.7. The van der Waals surface area contributed by atoms with Crippen LogP contribution in [0.4, 0.5) is 0 Å². The molecule has 0 radical (unpaired) electrons. The fraction of sp³-hybridized carbons (Fsp3) is 0.860. The number of carbonyl (C=O) groups is 7. The van der Waals surface area contributed by atoms with E-state index in [1.807, 2.05) is 28.2 Å². The van der Waals surface area contributed by atoms with Crippen LogP contribution in [0.1, 0.15) is 148 Å². The minimum atomic E-state index is -0.846. The van der Waals surface area contributed by atoms with E-state index in [0.717, 1.165) is 90.4 Å². The van der Waals surface area contributed by atoms with Crippen molar-refractivity contribution in [2.75, 3.05) is 95.1 Å². The van der Waals surface area contributed by atoms with Gasteiger partial charge in [-0.25, -0.2) is 0 Å². The molecule has 0 heterocycles. The second-order valence-electron chi connectivity index (χ2n) is 18.4. The number of hydrogen-bond donors (Lipinski definition) is 13. The van der Waals surface area contributed by atoms with Crippen molar-refractivity contribution in [3.63, 3.8) is 0 Å². The molecule has 0 fully saturated rings. The first kappa shape index (κ1) is 66.2. The summed E-state index contributed by atoms with van der Waals surface area (Å²) in [4.78, 5) is 92.1. The quantitative estimate of drug-likeness (QED) is 0.0373. The molecule has 0 aliphatic carbocycles. The number of amides is 6. The smallest absolute Gasteiger partial charge is 0.243 e. The number of ketones is 1. The predicted octanol–water partition coefficient (Wildman–Crippen LogP) is 0.602. The van der Waals surface area contributed by atoms with Crippen molar-refractivity contribution in [1.29, 1.82) is 0 Å². The van der Waals surface area contributed by atoms with Gasteiger partial charge in [0, 0.05) is 26.1 Å². The van der Waals surface area contributed by atoms with E-state index in [-0.39, 0.29) is 53.8 Å². The number of carbonyl (C=O) groups excluding carboxylic acids is 7. The molecule has 0 bridgehead atoms. The molecule has 6 unspecified atom stereocenters. The van der Waals surface area contributed by atoms with E-state index < -0.39 is 30.1 Å². The fourth-order valence-corrected chi connectivity index (χ4v) is 8.08. The lowest BCUT2D eigenvalue weighted by molar-refractivity contribution is -0.131. The van der Waals surface area contributed by atoms with Gasteiger partial charge in [-0.15, -0.1) is 0 Å². The fourth-order valence-electron chi connectivity index (χ4n) is 8.08. The number of nitrogens with one attached hydrogen (secondary N) is 13. The number of hydrogen-bond acceptors (Lipinski definition) is 14. The van der Waals surface area contributed by atoms with Crippen LogP contribution >= 0.6 is 0 Å². The van der Waals surface area contributed by atoms with Gasteiger partial charge in [-0.3, -0.25) is 33.6 Å². The number of unbranched alkanes of at least 4 members (excludes halogenated alkanes) is 8. The van der Waals surface area contributed by atoms with Gasteiger partial charge in [0.1, 0.15) is 12.1 Å². The van der Waals surface area contributed by atoms with Gasteiger partial charge >= 0.3 is 0 Å². The van der Waals surface area contributed by atoms with E-state index in [1.165, 1.54) is 6.92 Å². The summed E-state index contributed by atoms with van der Waals surface area (Å²) < 4.78 is 0. The molecular weight excluding hydrogens is 895 g/mol. The molecule has 20 nitrogen and oxygen atoms in total. The summed E-state index contributed by atoms with van der Waals surface area (Å²) in [7, 11) is 12.9. The average molecular weight is 996 g/mol. The third-order valence-electron chi connectivity index (χ3n) is 12.6. The Bertz CT molecular complexity index is 1410. The summed E-state index contributed by atoms with van der Waals surface area (Å²) in [6.07, 6.45) is 15.0. The number of likely N-dealkylation sites (N-methyl/N-ethyl adjacent to an activating group) is 3. The van der Waals surface area contributed by atoms with Gasteiger partial charge < -0.3 is 69.1 Å². The third-order valence-corrected chi connectivity index (χ3v) is 12.6. The monoisotopic (exact) mass is 996 g/mol. The van der Waals surface area contributed by atoms with Crippen LogP contribution in [-0.4, -0.2) is 173 Å². The first-order chi connectivity index (χ1) is 33.8. The van der Waals surface area contributed by atoms with Gasteiger partial charge in [0.15, 0.2) is 5.78 Å². The molecule has 6 amide bonds. The Morgan fingerprint density at radius 2 is 0.586 bits per heavy atom. The lowest BCUT2D eigenvalue weighted by atomic mass is 10.0. The summed E-state index contributed by atoms with van der Waals surface area (Å²) in [5, 5.41) is 39.5. The molecule has 0 aromatic rings. The zero-order valence-corrected chi connectivity index (χ0v) is 44.8. The number of rotatable bonds is 48. The first-order valence-corrected chi connectivity index (χ1v) is 26.7. The van der Waals surface area contributed by atoms with Gasteiger partial charge in [-0.2, -0.15) is 0 Å². The van der Waals surface area contributed by atoms with E-state index in [9.17, 15) is 33.6 Å². The van der Waals surface area contributed by atoms with E-state index in [1.54, 1.807) is 21.1 Å². The zero-order valence-electron chi connectivity index (χ0n) is 44.8. The van der Waals surface area contributed by atoms with E-state index >= 15 is 0 Å². The van der Waals surface area contributed by atoms with Crippen LogP contribution in [0, 0.1) is 0 Å². The van der Waals surface area contributed by atoms with Crippen molar-refractivity contribution in [2.45, 2.75) is 184 Å². The van der Waals surface area contributed by atoms with Crippen molar-refractivity contribution in [3.05, 3.63) is 0 Å². The minimum absolute atomic E-state index is 0.0521. The maximum Gasteiger partial charge on any atom is 0.243 e. The Labute approximate surface area is 422 Å². The summed E-state index contributed by atoms with van der Waals surface area (Å²) in [5.74, 6) is -1.53. The highest BCUT2D eigenvalue weighted by Gasteiger charge is 2.27. The van der Waals surface area contributed by atoms with Crippen LogP contribution in [0.25, 0.3) is 0 Å². The van der Waals surface area contributed by atoms with Crippen LogP contribution in [0.15, 0.2) is 0 Å². The lowest BCUT2D eigenvalue weighted by Gasteiger charge is -2.23. The maximum atomic E-state index is 13.7. The molecular formula is C50H101N13O7. The van der Waals surface area contributed by atoms with Gasteiger partial charge in [-0.1, -0.05) is 25.7 Å². The molecule has 0 rings (SSSR count). The van der Waals surface area contributed by atoms with Crippen LogP contribution < -0.4 is 69.1 Å². The van der Waals surface area contributed by atoms with Crippen LogP contribution in [-0.2, 0) is 33.6 Å². The molecule has 0 spiro atoms. The Hall–Kier alpha value is -3.79. The molecule has 0 saturated heterocycles. The molecule has 0 aliphatic rings. The van der Waals surface area contributed by atoms with Crippen molar-refractivity contribution < 1.29 is 33.6 Å². The molecule has 13 N–H and O–H groups in total. The summed E-state index contributed by atoms with van der Waals surface area (Å²) >= 11 is 0. The van der Waals surface area contributed by atoms with Crippen LogP contribution in [0.5, 0.6) is 0 Å². The standard InChI is InChI=1S/C50H101N13O7/c1-38(64)39(62-50(70)44(61-45(65)30-10-9-17-31-51-2)29-16-23-36-59-47(67)41(56-7)26-12-19-33-53-4)24-14-21-37-60-48(68)43(63-49(69)42(57-8)27-13-20-34-54-5)28-15-22-35-58-46(66)40(55-6)25-11-18-32-52-3/h39-44,51-57H,9-37H2,1-8H3,(H,58,66)(H,59,67)(H,60,68)(H,61,65)(H,62,70)(H,63,69). The average Bonchev–Trinajstić information content (AvgIpc) is 3.34. The van der Waals surface area contributed by atoms with Crippen molar-refractivity contribution in [1.82, 2.24) is 69.1 Å². The highest BCUT2D eigenvalue weighted by Crippen LogP contribution is 2.10. The predicted molar refractivity (Wildman–Crippen MR) is 281 cm³/mol.